The lowest BCUT2D eigenvalue weighted by Crippen LogP contribution is -2.30. The van der Waals surface area contributed by atoms with Gasteiger partial charge in [0.15, 0.2) is 11.5 Å². The van der Waals surface area contributed by atoms with Crippen molar-refractivity contribution in [2.45, 2.75) is 12.5 Å². The first-order valence-electron chi connectivity index (χ1n) is 6.22. The molecular formula is C15H16ClNO3. The Kier molecular flexibility index (Phi) is 4.06. The van der Waals surface area contributed by atoms with Crippen molar-refractivity contribution in [3.05, 3.63) is 53.1 Å². The van der Waals surface area contributed by atoms with Crippen molar-refractivity contribution in [3.8, 4) is 17.2 Å². The third-order valence-electron chi connectivity index (χ3n) is 3.52. The maximum Gasteiger partial charge on any atom is 0.157 e. The molecule has 4 N–H and O–H groups in total. The maximum atomic E-state index is 9.67. The molecule has 1 aliphatic rings. The second kappa shape index (κ2) is 5.61. The Morgan fingerprint density at radius 1 is 0.950 bits per heavy atom. The molecule has 3 rings (SSSR count). The van der Waals surface area contributed by atoms with Gasteiger partial charge >= 0.3 is 0 Å². The summed E-state index contributed by atoms with van der Waals surface area (Å²) in [6.45, 7) is 0.808. The van der Waals surface area contributed by atoms with Crippen molar-refractivity contribution in [1.82, 2.24) is 5.32 Å². The maximum absolute atomic E-state index is 9.67. The van der Waals surface area contributed by atoms with Crippen LogP contribution < -0.4 is 5.32 Å². The van der Waals surface area contributed by atoms with Gasteiger partial charge in [-0.1, -0.05) is 12.1 Å². The van der Waals surface area contributed by atoms with Gasteiger partial charge in [-0.15, -0.1) is 12.4 Å². The Balaban J connectivity index is 0.00000147. The predicted octanol–water partition coefficient (Wildman–Crippen LogP) is 2.46. The zero-order valence-electron chi connectivity index (χ0n) is 10.7. The molecule has 1 aliphatic heterocycles. The van der Waals surface area contributed by atoms with E-state index in [1.807, 2.05) is 12.1 Å². The van der Waals surface area contributed by atoms with Crippen LogP contribution in [0, 0.1) is 0 Å². The van der Waals surface area contributed by atoms with E-state index in [2.05, 4.69) is 5.32 Å². The van der Waals surface area contributed by atoms with Gasteiger partial charge in [-0.3, -0.25) is 0 Å². The van der Waals surface area contributed by atoms with Crippen LogP contribution in [0.1, 0.15) is 22.7 Å². The van der Waals surface area contributed by atoms with Gasteiger partial charge in [-0.05, 0) is 47.4 Å². The van der Waals surface area contributed by atoms with Gasteiger partial charge < -0.3 is 20.6 Å². The molecule has 0 saturated heterocycles. The highest BCUT2D eigenvalue weighted by Crippen LogP contribution is 2.36. The molecule has 0 saturated carbocycles. The summed E-state index contributed by atoms with van der Waals surface area (Å²) >= 11 is 0. The molecule has 2 aromatic carbocycles. The number of aromatic hydroxyl groups is 3. The Bertz CT molecular complexity index is 613. The molecule has 2 aromatic rings. The molecule has 0 amide bonds. The standard InChI is InChI=1S/C15H15NO3.ClH/c17-11-3-1-9(2-4-11)15-12-8-14(19)13(18)7-10(12)5-6-16-15;/h1-4,7-8,15-19H,5-6H2;1H. The molecule has 4 nitrogen and oxygen atoms in total. The van der Waals surface area contributed by atoms with Crippen molar-refractivity contribution in [1.29, 1.82) is 0 Å². The minimum absolute atomic E-state index is 0. The number of rotatable bonds is 1. The van der Waals surface area contributed by atoms with Gasteiger partial charge in [0.2, 0.25) is 0 Å². The van der Waals surface area contributed by atoms with Crippen LogP contribution in [-0.4, -0.2) is 21.9 Å². The average Bonchev–Trinajstić information content (AvgIpc) is 2.41. The highest BCUT2D eigenvalue weighted by atomic mass is 35.5. The van der Waals surface area contributed by atoms with E-state index in [0.29, 0.717) is 0 Å². The fourth-order valence-corrected chi connectivity index (χ4v) is 2.55. The monoisotopic (exact) mass is 293 g/mol. The molecule has 106 valence electrons. The summed E-state index contributed by atoms with van der Waals surface area (Å²) in [4.78, 5) is 0. The summed E-state index contributed by atoms with van der Waals surface area (Å²) in [5, 5.41) is 32.0. The number of phenolic OH excluding ortho intramolecular Hbond substituents is 3. The van der Waals surface area contributed by atoms with Gasteiger partial charge in [-0.2, -0.15) is 0 Å². The molecule has 5 heteroatoms. The molecule has 0 bridgehead atoms. The van der Waals surface area contributed by atoms with E-state index >= 15 is 0 Å². The van der Waals surface area contributed by atoms with Crippen molar-refractivity contribution >= 4 is 12.4 Å². The SMILES string of the molecule is Cl.Oc1ccc(C2NCCc3cc(O)c(O)cc32)cc1. The molecule has 0 aliphatic carbocycles. The molecule has 1 atom stereocenters. The van der Waals surface area contributed by atoms with E-state index in [1.165, 1.54) is 0 Å². The first kappa shape index (κ1) is 14.5. The lowest BCUT2D eigenvalue weighted by Gasteiger charge is -2.27. The van der Waals surface area contributed by atoms with Gasteiger partial charge in [0.1, 0.15) is 5.75 Å². The Labute approximate surface area is 123 Å². The van der Waals surface area contributed by atoms with E-state index in [1.54, 1.807) is 24.3 Å². The molecule has 0 radical (unpaired) electrons. The summed E-state index contributed by atoms with van der Waals surface area (Å²) in [7, 11) is 0. The predicted molar refractivity (Wildman–Crippen MR) is 78.7 cm³/mol. The molecule has 20 heavy (non-hydrogen) atoms. The average molecular weight is 294 g/mol. The molecule has 1 unspecified atom stereocenters. The zero-order chi connectivity index (χ0) is 13.4. The molecular weight excluding hydrogens is 278 g/mol. The van der Waals surface area contributed by atoms with E-state index < -0.39 is 0 Å². The van der Waals surface area contributed by atoms with Crippen molar-refractivity contribution < 1.29 is 15.3 Å². The Morgan fingerprint density at radius 2 is 1.60 bits per heavy atom. The number of phenols is 3. The van der Waals surface area contributed by atoms with Crippen LogP contribution in [-0.2, 0) is 6.42 Å². The summed E-state index contributed by atoms with van der Waals surface area (Å²) in [5.41, 5.74) is 3.02. The van der Waals surface area contributed by atoms with Gasteiger partial charge in [0, 0.05) is 6.54 Å². The quantitative estimate of drug-likeness (QED) is 0.610. The Morgan fingerprint density at radius 3 is 2.30 bits per heavy atom. The van der Waals surface area contributed by atoms with Crippen LogP contribution in [0.25, 0.3) is 0 Å². The van der Waals surface area contributed by atoms with E-state index in [-0.39, 0.29) is 35.7 Å². The van der Waals surface area contributed by atoms with Crippen LogP contribution in [0.2, 0.25) is 0 Å². The summed E-state index contributed by atoms with van der Waals surface area (Å²) in [5.74, 6) is 0.0460. The number of hydrogen-bond acceptors (Lipinski definition) is 4. The summed E-state index contributed by atoms with van der Waals surface area (Å²) in [6, 6.07) is 10.2. The number of hydrogen-bond donors (Lipinski definition) is 4. The normalized spacial score (nSPS) is 17.1. The molecule has 1 heterocycles. The van der Waals surface area contributed by atoms with Crippen molar-refractivity contribution in [2.24, 2.45) is 0 Å². The van der Waals surface area contributed by atoms with Gasteiger partial charge in [-0.25, -0.2) is 0 Å². The van der Waals surface area contributed by atoms with E-state index in [9.17, 15) is 15.3 Å². The minimum atomic E-state index is -0.105. The number of benzene rings is 2. The topological polar surface area (TPSA) is 72.7 Å². The first-order valence-corrected chi connectivity index (χ1v) is 6.22. The molecule has 0 aromatic heterocycles. The van der Waals surface area contributed by atoms with Crippen LogP contribution in [0.15, 0.2) is 36.4 Å². The van der Waals surface area contributed by atoms with Gasteiger partial charge in [0.25, 0.3) is 0 Å². The van der Waals surface area contributed by atoms with Crippen LogP contribution in [0.4, 0.5) is 0 Å². The first-order chi connectivity index (χ1) is 9.15. The fraction of sp³-hybridized carbons (Fsp3) is 0.200. The van der Waals surface area contributed by atoms with E-state index in [4.69, 9.17) is 0 Å². The van der Waals surface area contributed by atoms with Crippen molar-refractivity contribution in [3.63, 3.8) is 0 Å². The smallest absolute Gasteiger partial charge is 0.157 e. The summed E-state index contributed by atoms with van der Waals surface area (Å²) < 4.78 is 0. The van der Waals surface area contributed by atoms with Crippen molar-refractivity contribution in [2.75, 3.05) is 6.54 Å². The number of nitrogens with one attached hydrogen (secondary N) is 1. The fourth-order valence-electron chi connectivity index (χ4n) is 2.55. The van der Waals surface area contributed by atoms with Crippen LogP contribution >= 0.6 is 12.4 Å². The Hall–Kier alpha value is -1.91. The number of fused-ring (bicyclic) bond motifs is 1. The van der Waals surface area contributed by atoms with Gasteiger partial charge in [0.05, 0.1) is 6.04 Å². The lowest BCUT2D eigenvalue weighted by atomic mass is 9.89. The molecule has 0 fully saturated rings. The second-order valence-corrected chi connectivity index (χ2v) is 4.77. The minimum Gasteiger partial charge on any atom is -0.508 e. The lowest BCUT2D eigenvalue weighted by molar-refractivity contribution is 0.400. The molecule has 0 spiro atoms. The third kappa shape index (κ3) is 2.53. The zero-order valence-corrected chi connectivity index (χ0v) is 11.5. The summed E-state index contributed by atoms with van der Waals surface area (Å²) in [6.07, 6.45) is 0.817. The van der Waals surface area contributed by atoms with E-state index in [0.717, 1.165) is 29.7 Å². The highest BCUT2D eigenvalue weighted by molar-refractivity contribution is 5.85. The van der Waals surface area contributed by atoms with Crippen LogP contribution in [0.3, 0.4) is 0 Å². The number of halogens is 1. The largest absolute Gasteiger partial charge is 0.508 e. The van der Waals surface area contributed by atoms with Crippen LogP contribution in [0.5, 0.6) is 17.2 Å². The third-order valence-corrected chi connectivity index (χ3v) is 3.52. The highest BCUT2D eigenvalue weighted by Gasteiger charge is 2.23. The second-order valence-electron chi connectivity index (χ2n) is 4.77.